The maximum absolute atomic E-state index is 12.8. The van der Waals surface area contributed by atoms with Crippen LogP contribution in [0.1, 0.15) is 34.3 Å². The van der Waals surface area contributed by atoms with Gasteiger partial charge in [0.2, 0.25) is 5.91 Å². The Bertz CT molecular complexity index is 1010. The summed E-state index contributed by atoms with van der Waals surface area (Å²) in [4.78, 5) is 26.3. The van der Waals surface area contributed by atoms with E-state index in [4.69, 9.17) is 0 Å². The monoisotopic (exact) mass is 415 g/mol. The van der Waals surface area contributed by atoms with Gasteiger partial charge in [-0.3, -0.25) is 14.3 Å². The summed E-state index contributed by atoms with van der Waals surface area (Å²) in [5.74, 6) is -0.610. The summed E-state index contributed by atoms with van der Waals surface area (Å²) in [6, 6.07) is 11.5. The van der Waals surface area contributed by atoms with Crippen molar-refractivity contribution in [3.8, 4) is 0 Å². The van der Waals surface area contributed by atoms with E-state index in [2.05, 4.69) is 10.0 Å². The lowest BCUT2D eigenvalue weighted by Gasteiger charge is -2.16. The number of anilines is 1. The number of likely N-dealkylation sites (tertiary alicyclic amines) is 1. The number of rotatable bonds is 6. The molecule has 2 aromatic rings. The summed E-state index contributed by atoms with van der Waals surface area (Å²) in [6.07, 6.45) is 1.96. The maximum Gasteiger partial charge on any atom is 0.262 e. The zero-order chi connectivity index (χ0) is 21.0. The van der Waals surface area contributed by atoms with Gasteiger partial charge in [-0.15, -0.1) is 0 Å². The first-order chi connectivity index (χ1) is 13.8. The predicted molar refractivity (Wildman–Crippen MR) is 111 cm³/mol. The number of aryl methyl sites for hydroxylation is 2. The largest absolute Gasteiger partial charge is 0.343 e. The van der Waals surface area contributed by atoms with Crippen LogP contribution in [0.4, 0.5) is 5.69 Å². The van der Waals surface area contributed by atoms with Gasteiger partial charge < -0.3 is 10.2 Å². The maximum atomic E-state index is 12.8. The Morgan fingerprint density at radius 2 is 1.66 bits per heavy atom. The molecule has 1 saturated heterocycles. The Labute approximate surface area is 171 Å². The van der Waals surface area contributed by atoms with E-state index in [1.54, 1.807) is 36.1 Å². The van der Waals surface area contributed by atoms with Gasteiger partial charge in [0.15, 0.2) is 0 Å². The standard InChI is InChI=1S/C21H25N3O4S/c1-15-5-9-18(10-6-15)23-29(27,28)19-13-17(8-7-16(19)2)21(26)22-14-20(25)24-11-3-4-12-24/h5-10,13,23H,3-4,11-12,14H2,1-2H3,(H,22,26). The van der Waals surface area contributed by atoms with Gasteiger partial charge in [-0.1, -0.05) is 23.8 Å². The molecule has 8 heteroatoms. The van der Waals surface area contributed by atoms with Crippen molar-refractivity contribution < 1.29 is 18.0 Å². The third-order valence-electron chi connectivity index (χ3n) is 4.90. The molecular weight excluding hydrogens is 390 g/mol. The van der Waals surface area contributed by atoms with E-state index in [0.717, 1.165) is 18.4 Å². The van der Waals surface area contributed by atoms with Gasteiger partial charge in [0.25, 0.3) is 15.9 Å². The molecule has 1 aliphatic rings. The molecule has 0 bridgehead atoms. The van der Waals surface area contributed by atoms with Crippen LogP contribution in [0.25, 0.3) is 0 Å². The Kier molecular flexibility index (Phi) is 6.22. The predicted octanol–water partition coefficient (Wildman–Crippen LogP) is 2.46. The van der Waals surface area contributed by atoms with Crippen molar-refractivity contribution in [2.24, 2.45) is 0 Å². The molecule has 0 unspecified atom stereocenters. The number of nitrogens with zero attached hydrogens (tertiary/aromatic N) is 1. The Balaban J connectivity index is 1.73. The highest BCUT2D eigenvalue weighted by molar-refractivity contribution is 7.92. The van der Waals surface area contributed by atoms with E-state index in [0.29, 0.717) is 24.3 Å². The minimum atomic E-state index is -3.86. The van der Waals surface area contributed by atoms with E-state index < -0.39 is 15.9 Å². The molecule has 0 atom stereocenters. The molecule has 154 valence electrons. The molecule has 3 rings (SSSR count). The number of carbonyl (C=O) groups excluding carboxylic acids is 2. The van der Waals surface area contributed by atoms with Gasteiger partial charge in [0, 0.05) is 24.3 Å². The second-order valence-corrected chi connectivity index (χ2v) is 8.87. The van der Waals surface area contributed by atoms with Crippen molar-refractivity contribution in [1.29, 1.82) is 0 Å². The zero-order valence-corrected chi connectivity index (χ0v) is 17.4. The topological polar surface area (TPSA) is 95.6 Å². The fourth-order valence-electron chi connectivity index (χ4n) is 3.20. The lowest BCUT2D eigenvalue weighted by Crippen LogP contribution is -2.38. The highest BCUT2D eigenvalue weighted by atomic mass is 32.2. The van der Waals surface area contributed by atoms with Crippen molar-refractivity contribution in [3.63, 3.8) is 0 Å². The molecule has 1 fully saturated rings. The Hall–Kier alpha value is -2.87. The molecule has 0 radical (unpaired) electrons. The second kappa shape index (κ2) is 8.65. The van der Waals surface area contributed by atoms with E-state index in [9.17, 15) is 18.0 Å². The minimum Gasteiger partial charge on any atom is -0.343 e. The van der Waals surface area contributed by atoms with Crippen molar-refractivity contribution in [3.05, 3.63) is 59.2 Å². The van der Waals surface area contributed by atoms with Crippen LogP contribution in [0.15, 0.2) is 47.4 Å². The molecule has 2 N–H and O–H groups in total. The number of amides is 2. The third kappa shape index (κ3) is 5.14. The van der Waals surface area contributed by atoms with Crippen LogP contribution < -0.4 is 10.0 Å². The van der Waals surface area contributed by atoms with Crippen molar-refractivity contribution >= 4 is 27.5 Å². The van der Waals surface area contributed by atoms with Gasteiger partial charge in [-0.25, -0.2) is 8.42 Å². The summed E-state index contributed by atoms with van der Waals surface area (Å²) in [6.45, 7) is 4.91. The van der Waals surface area contributed by atoms with Crippen LogP contribution in [0.3, 0.4) is 0 Å². The molecule has 1 heterocycles. The molecule has 1 aliphatic heterocycles. The van der Waals surface area contributed by atoms with Crippen LogP contribution in [-0.2, 0) is 14.8 Å². The smallest absolute Gasteiger partial charge is 0.262 e. The SMILES string of the molecule is Cc1ccc(NS(=O)(=O)c2cc(C(=O)NCC(=O)N3CCCC3)ccc2C)cc1. The number of hydrogen-bond donors (Lipinski definition) is 2. The van der Waals surface area contributed by atoms with E-state index in [-0.39, 0.29) is 22.9 Å². The van der Waals surface area contributed by atoms with Crippen LogP contribution in [0, 0.1) is 13.8 Å². The molecule has 0 aromatic heterocycles. The average Bonchev–Trinajstić information content (AvgIpc) is 3.22. The molecule has 0 saturated carbocycles. The first-order valence-corrected chi connectivity index (χ1v) is 11.0. The summed E-state index contributed by atoms with van der Waals surface area (Å²) in [5, 5.41) is 2.58. The average molecular weight is 416 g/mol. The zero-order valence-electron chi connectivity index (χ0n) is 16.6. The highest BCUT2D eigenvalue weighted by Crippen LogP contribution is 2.21. The number of benzene rings is 2. The Morgan fingerprint density at radius 3 is 2.31 bits per heavy atom. The van der Waals surface area contributed by atoms with Gasteiger partial charge in [-0.05, 0) is 56.5 Å². The fourth-order valence-corrected chi connectivity index (χ4v) is 4.53. The Morgan fingerprint density at radius 1 is 1.00 bits per heavy atom. The van der Waals surface area contributed by atoms with E-state index in [1.165, 1.54) is 6.07 Å². The van der Waals surface area contributed by atoms with Crippen LogP contribution in [0.2, 0.25) is 0 Å². The molecule has 2 aromatic carbocycles. The summed E-state index contributed by atoms with van der Waals surface area (Å²) in [5.41, 5.74) is 2.18. The van der Waals surface area contributed by atoms with Crippen molar-refractivity contribution in [2.45, 2.75) is 31.6 Å². The fraction of sp³-hybridized carbons (Fsp3) is 0.333. The van der Waals surface area contributed by atoms with E-state index >= 15 is 0 Å². The molecule has 7 nitrogen and oxygen atoms in total. The van der Waals surface area contributed by atoms with Crippen molar-refractivity contribution in [1.82, 2.24) is 10.2 Å². The minimum absolute atomic E-state index is 0.0246. The summed E-state index contributed by atoms with van der Waals surface area (Å²) >= 11 is 0. The van der Waals surface area contributed by atoms with Gasteiger partial charge in [-0.2, -0.15) is 0 Å². The van der Waals surface area contributed by atoms with Crippen LogP contribution in [-0.4, -0.2) is 44.8 Å². The number of nitrogens with one attached hydrogen (secondary N) is 2. The normalized spacial score (nSPS) is 13.9. The molecular formula is C21H25N3O4S. The first kappa shape index (κ1) is 20.9. The lowest BCUT2D eigenvalue weighted by molar-refractivity contribution is -0.129. The summed E-state index contributed by atoms with van der Waals surface area (Å²) in [7, 11) is -3.86. The van der Waals surface area contributed by atoms with Gasteiger partial charge in [0.1, 0.15) is 0 Å². The second-order valence-electron chi connectivity index (χ2n) is 7.22. The number of carbonyl (C=O) groups is 2. The van der Waals surface area contributed by atoms with Crippen LogP contribution in [0.5, 0.6) is 0 Å². The third-order valence-corrected chi connectivity index (χ3v) is 6.43. The van der Waals surface area contributed by atoms with Gasteiger partial charge >= 0.3 is 0 Å². The molecule has 0 aliphatic carbocycles. The lowest BCUT2D eigenvalue weighted by atomic mass is 10.1. The first-order valence-electron chi connectivity index (χ1n) is 9.52. The molecule has 2 amide bonds. The van der Waals surface area contributed by atoms with Gasteiger partial charge in [0.05, 0.1) is 11.4 Å². The molecule has 29 heavy (non-hydrogen) atoms. The highest BCUT2D eigenvalue weighted by Gasteiger charge is 2.21. The van der Waals surface area contributed by atoms with Crippen molar-refractivity contribution in [2.75, 3.05) is 24.4 Å². The summed E-state index contributed by atoms with van der Waals surface area (Å²) < 4.78 is 28.2. The quantitative estimate of drug-likeness (QED) is 0.758. The number of sulfonamides is 1. The van der Waals surface area contributed by atoms with E-state index in [1.807, 2.05) is 19.1 Å². The number of hydrogen-bond acceptors (Lipinski definition) is 4. The molecule has 0 spiro atoms. The van der Waals surface area contributed by atoms with Crippen LogP contribution >= 0.6 is 0 Å².